The number of ketones is 1. The van der Waals surface area contributed by atoms with Gasteiger partial charge in [-0.1, -0.05) is 31.9 Å². The maximum absolute atomic E-state index is 13.0. The van der Waals surface area contributed by atoms with Crippen LogP contribution in [0.2, 0.25) is 0 Å². The summed E-state index contributed by atoms with van der Waals surface area (Å²) in [6.45, 7) is 2.54. The standard InChI is InChI=1S/C22H25NO5S/c1-4-5-6-12-23-19(16-11-8-13-29-16)18(21(25)22(23)26)20(24)17-14(27-2)9-7-10-15(17)28-3/h7-11,13,19,24H,4-6,12H2,1-3H3/b20-18+. The molecule has 0 saturated carbocycles. The number of benzene rings is 1. The van der Waals surface area contributed by atoms with Gasteiger partial charge >= 0.3 is 0 Å². The number of Topliss-reactive ketones (excluding diaryl/α,β-unsaturated/α-hetero) is 1. The van der Waals surface area contributed by atoms with Crippen LogP contribution in [0.4, 0.5) is 0 Å². The van der Waals surface area contributed by atoms with E-state index < -0.39 is 17.7 Å². The van der Waals surface area contributed by atoms with Crippen LogP contribution in [-0.2, 0) is 9.59 Å². The normalized spacial score (nSPS) is 18.3. The summed E-state index contributed by atoms with van der Waals surface area (Å²) in [7, 11) is 2.96. The van der Waals surface area contributed by atoms with E-state index in [4.69, 9.17) is 9.47 Å². The molecule has 1 saturated heterocycles. The van der Waals surface area contributed by atoms with E-state index in [0.29, 0.717) is 18.0 Å². The first-order valence-electron chi connectivity index (χ1n) is 9.58. The van der Waals surface area contributed by atoms with Crippen LogP contribution in [0.3, 0.4) is 0 Å². The van der Waals surface area contributed by atoms with Gasteiger partial charge in [0.1, 0.15) is 22.8 Å². The molecule has 1 fully saturated rings. The first-order valence-corrected chi connectivity index (χ1v) is 10.5. The fourth-order valence-corrected chi connectivity index (χ4v) is 4.45. The first-order chi connectivity index (χ1) is 14.0. The van der Waals surface area contributed by atoms with Crippen molar-refractivity contribution in [2.45, 2.75) is 32.2 Å². The van der Waals surface area contributed by atoms with Crippen molar-refractivity contribution in [3.05, 3.63) is 51.7 Å². The van der Waals surface area contributed by atoms with Crippen molar-refractivity contribution in [1.29, 1.82) is 0 Å². The molecule has 1 unspecified atom stereocenters. The highest BCUT2D eigenvalue weighted by atomic mass is 32.1. The van der Waals surface area contributed by atoms with Gasteiger partial charge in [-0.15, -0.1) is 11.3 Å². The van der Waals surface area contributed by atoms with E-state index in [2.05, 4.69) is 6.92 Å². The monoisotopic (exact) mass is 415 g/mol. The number of ether oxygens (including phenoxy) is 2. The lowest BCUT2D eigenvalue weighted by Crippen LogP contribution is -2.30. The molecule has 1 N–H and O–H groups in total. The summed E-state index contributed by atoms with van der Waals surface area (Å²) in [5.41, 5.74) is 0.336. The van der Waals surface area contributed by atoms with Gasteiger partial charge in [0.2, 0.25) is 0 Å². The van der Waals surface area contributed by atoms with Gasteiger partial charge < -0.3 is 19.5 Å². The maximum Gasteiger partial charge on any atom is 0.295 e. The van der Waals surface area contributed by atoms with E-state index in [-0.39, 0.29) is 16.9 Å². The predicted molar refractivity (Wildman–Crippen MR) is 112 cm³/mol. The van der Waals surface area contributed by atoms with Crippen LogP contribution in [0.15, 0.2) is 41.3 Å². The van der Waals surface area contributed by atoms with E-state index in [9.17, 15) is 14.7 Å². The van der Waals surface area contributed by atoms with Gasteiger partial charge in [-0.25, -0.2) is 0 Å². The number of likely N-dealkylation sites (tertiary alicyclic amines) is 1. The summed E-state index contributed by atoms with van der Waals surface area (Å²) in [6.07, 6.45) is 2.76. The van der Waals surface area contributed by atoms with Crippen LogP contribution in [0.5, 0.6) is 11.5 Å². The third-order valence-corrected chi connectivity index (χ3v) is 5.94. The minimum absolute atomic E-state index is 0.0664. The lowest BCUT2D eigenvalue weighted by molar-refractivity contribution is -0.139. The molecule has 29 heavy (non-hydrogen) atoms. The van der Waals surface area contributed by atoms with E-state index >= 15 is 0 Å². The number of aliphatic hydroxyl groups excluding tert-OH is 1. The van der Waals surface area contributed by atoms with Crippen LogP contribution in [-0.4, -0.2) is 42.5 Å². The summed E-state index contributed by atoms with van der Waals surface area (Å²) in [5, 5.41) is 13.1. The fourth-order valence-electron chi connectivity index (χ4n) is 3.60. The van der Waals surface area contributed by atoms with Gasteiger partial charge in [0.05, 0.1) is 25.8 Å². The molecule has 0 aliphatic carbocycles. The number of rotatable bonds is 8. The highest BCUT2D eigenvalue weighted by molar-refractivity contribution is 7.10. The molecule has 154 valence electrons. The Bertz CT molecular complexity index is 897. The van der Waals surface area contributed by atoms with Crippen LogP contribution in [0.1, 0.15) is 42.7 Å². The number of unbranched alkanes of at least 4 members (excludes halogenated alkanes) is 2. The third-order valence-electron chi connectivity index (χ3n) is 5.02. The molecule has 1 aromatic heterocycles. The fraction of sp³-hybridized carbons (Fsp3) is 0.364. The van der Waals surface area contributed by atoms with Gasteiger partial charge in [0.15, 0.2) is 0 Å². The van der Waals surface area contributed by atoms with E-state index in [1.807, 2.05) is 17.5 Å². The Labute approximate surface area is 174 Å². The summed E-state index contributed by atoms with van der Waals surface area (Å²) in [4.78, 5) is 28.2. The number of hydrogen-bond acceptors (Lipinski definition) is 6. The molecule has 0 bridgehead atoms. The molecular weight excluding hydrogens is 390 g/mol. The number of carbonyl (C=O) groups excluding carboxylic acids is 2. The molecule has 1 amide bonds. The molecule has 0 radical (unpaired) electrons. The molecule has 2 heterocycles. The van der Waals surface area contributed by atoms with Crippen molar-refractivity contribution in [2.75, 3.05) is 20.8 Å². The topological polar surface area (TPSA) is 76.1 Å². The Morgan fingerprint density at radius 2 is 1.79 bits per heavy atom. The van der Waals surface area contributed by atoms with Crippen molar-refractivity contribution < 1.29 is 24.2 Å². The van der Waals surface area contributed by atoms with Crippen LogP contribution in [0, 0.1) is 0 Å². The van der Waals surface area contributed by atoms with Crippen LogP contribution < -0.4 is 9.47 Å². The van der Waals surface area contributed by atoms with Crippen molar-refractivity contribution >= 4 is 28.8 Å². The molecular formula is C22H25NO5S. The Kier molecular flexibility index (Phi) is 6.59. The van der Waals surface area contributed by atoms with E-state index in [1.165, 1.54) is 25.6 Å². The third kappa shape index (κ3) is 3.87. The molecule has 1 aliphatic heterocycles. The van der Waals surface area contributed by atoms with E-state index in [0.717, 1.165) is 24.1 Å². The predicted octanol–water partition coefficient (Wildman–Crippen LogP) is 4.38. The summed E-state index contributed by atoms with van der Waals surface area (Å²) in [5.74, 6) is -0.831. The van der Waals surface area contributed by atoms with Crippen LogP contribution >= 0.6 is 11.3 Å². The molecule has 6 nitrogen and oxygen atoms in total. The van der Waals surface area contributed by atoms with Crippen LogP contribution in [0.25, 0.3) is 5.76 Å². The minimum atomic E-state index is -0.689. The second-order valence-electron chi connectivity index (χ2n) is 6.75. The van der Waals surface area contributed by atoms with Crippen molar-refractivity contribution in [2.24, 2.45) is 0 Å². The highest BCUT2D eigenvalue weighted by Gasteiger charge is 2.46. The second-order valence-corrected chi connectivity index (χ2v) is 7.73. The SMILES string of the molecule is CCCCCN1C(=O)C(=O)/C(=C(/O)c2c(OC)cccc2OC)C1c1cccs1. The lowest BCUT2D eigenvalue weighted by atomic mass is 9.98. The first kappa shape index (κ1) is 20.9. The molecule has 1 atom stereocenters. The minimum Gasteiger partial charge on any atom is -0.506 e. The summed E-state index contributed by atoms with van der Waals surface area (Å²) in [6, 6.07) is 8.20. The number of nitrogens with zero attached hydrogens (tertiary/aromatic N) is 1. The number of aliphatic hydroxyl groups is 1. The Balaban J connectivity index is 2.18. The highest BCUT2D eigenvalue weighted by Crippen LogP contribution is 2.44. The van der Waals surface area contributed by atoms with Gasteiger partial charge in [-0.3, -0.25) is 9.59 Å². The number of carbonyl (C=O) groups is 2. The number of hydrogen-bond donors (Lipinski definition) is 1. The molecule has 0 spiro atoms. The number of thiophene rings is 1. The molecule has 1 aliphatic rings. The lowest BCUT2D eigenvalue weighted by Gasteiger charge is -2.24. The molecule has 2 aromatic rings. The Morgan fingerprint density at radius 3 is 2.34 bits per heavy atom. The van der Waals surface area contributed by atoms with Gasteiger partial charge in [0.25, 0.3) is 11.7 Å². The van der Waals surface area contributed by atoms with Crippen molar-refractivity contribution in [3.63, 3.8) is 0 Å². The Morgan fingerprint density at radius 1 is 1.10 bits per heavy atom. The number of amides is 1. The molecule has 1 aromatic carbocycles. The quantitative estimate of drug-likeness (QED) is 0.300. The van der Waals surface area contributed by atoms with Gasteiger partial charge in [-0.05, 0) is 30.0 Å². The smallest absolute Gasteiger partial charge is 0.295 e. The van der Waals surface area contributed by atoms with E-state index in [1.54, 1.807) is 23.1 Å². The summed E-state index contributed by atoms with van der Waals surface area (Å²) < 4.78 is 10.8. The second kappa shape index (κ2) is 9.13. The summed E-state index contributed by atoms with van der Waals surface area (Å²) >= 11 is 1.45. The molecule has 3 rings (SSSR count). The zero-order valence-electron chi connectivity index (χ0n) is 16.8. The molecule has 7 heteroatoms. The average Bonchev–Trinajstić information content (AvgIpc) is 3.35. The zero-order valence-corrected chi connectivity index (χ0v) is 17.6. The largest absolute Gasteiger partial charge is 0.506 e. The maximum atomic E-state index is 13.0. The van der Waals surface area contributed by atoms with Gasteiger partial charge in [-0.2, -0.15) is 0 Å². The zero-order chi connectivity index (χ0) is 21.0. The Hall–Kier alpha value is -2.80. The number of methoxy groups -OCH3 is 2. The average molecular weight is 416 g/mol. The van der Waals surface area contributed by atoms with Crippen molar-refractivity contribution in [3.8, 4) is 11.5 Å². The van der Waals surface area contributed by atoms with Crippen molar-refractivity contribution in [1.82, 2.24) is 4.90 Å². The van der Waals surface area contributed by atoms with Gasteiger partial charge in [0, 0.05) is 11.4 Å².